The van der Waals surface area contributed by atoms with Crippen molar-refractivity contribution in [3.8, 4) is 11.8 Å². The first-order valence-corrected chi connectivity index (χ1v) is 12.6. The number of nitriles is 1. The van der Waals surface area contributed by atoms with Crippen molar-refractivity contribution in [2.75, 3.05) is 18.5 Å². The summed E-state index contributed by atoms with van der Waals surface area (Å²) >= 11 is 1.35. The van der Waals surface area contributed by atoms with Gasteiger partial charge in [-0.05, 0) is 42.5 Å². The highest BCUT2D eigenvalue weighted by atomic mass is 32.1. The molecule has 0 radical (unpaired) electrons. The lowest BCUT2D eigenvalue weighted by Gasteiger charge is -2.26. The largest absolute Gasteiger partial charge is 0.494 e. The van der Waals surface area contributed by atoms with Crippen LogP contribution in [0.2, 0.25) is 0 Å². The summed E-state index contributed by atoms with van der Waals surface area (Å²) in [5.41, 5.74) is 3.19. The van der Waals surface area contributed by atoms with Gasteiger partial charge in [-0.2, -0.15) is 5.26 Å². The molecule has 0 unspecified atom stereocenters. The van der Waals surface area contributed by atoms with E-state index in [-0.39, 0.29) is 24.9 Å². The molecule has 1 aliphatic heterocycles. The fourth-order valence-corrected chi connectivity index (χ4v) is 5.40. The van der Waals surface area contributed by atoms with E-state index < -0.39 is 6.09 Å². The number of hydrogen-bond donors (Lipinski definition) is 1. The number of thiophene rings is 1. The maximum atomic E-state index is 12.8. The molecule has 2 aromatic heterocycles. The highest BCUT2D eigenvalue weighted by Crippen LogP contribution is 2.37. The third-order valence-corrected chi connectivity index (χ3v) is 7.30. The predicted octanol–water partition coefficient (Wildman–Crippen LogP) is 4.58. The maximum absolute atomic E-state index is 12.8. The number of anilines is 1. The number of carbonyl (C=O) groups is 2. The van der Waals surface area contributed by atoms with Crippen molar-refractivity contribution in [2.24, 2.45) is 7.05 Å². The zero-order valence-electron chi connectivity index (χ0n) is 20.6. The number of aryl methyl sites for hydroxylation is 1. The Hall–Kier alpha value is -3.84. The van der Waals surface area contributed by atoms with Crippen molar-refractivity contribution in [1.82, 2.24) is 14.5 Å². The zero-order chi connectivity index (χ0) is 25.7. The molecule has 1 N–H and O–H groups in total. The molecule has 1 aromatic carbocycles. The van der Waals surface area contributed by atoms with E-state index in [1.807, 2.05) is 45.2 Å². The van der Waals surface area contributed by atoms with Crippen LogP contribution < -0.4 is 10.1 Å². The molecule has 3 aromatic rings. The highest BCUT2D eigenvalue weighted by molar-refractivity contribution is 7.16. The number of hydrogen-bond acceptors (Lipinski definition) is 7. The smallest absolute Gasteiger partial charge is 0.410 e. The third kappa shape index (κ3) is 5.69. The first kappa shape index (κ1) is 25.3. The van der Waals surface area contributed by atoms with Crippen molar-refractivity contribution in [3.05, 3.63) is 64.1 Å². The molecule has 1 aliphatic rings. The molecule has 0 fully saturated rings. The summed E-state index contributed by atoms with van der Waals surface area (Å²) in [6.45, 7) is 5.43. The van der Waals surface area contributed by atoms with Gasteiger partial charge in [-0.3, -0.25) is 4.79 Å². The van der Waals surface area contributed by atoms with E-state index in [1.54, 1.807) is 22.0 Å². The van der Waals surface area contributed by atoms with Gasteiger partial charge in [0.1, 0.15) is 23.4 Å². The molecule has 10 heteroatoms. The lowest BCUT2D eigenvalue weighted by atomic mass is 9.97. The first-order valence-electron chi connectivity index (χ1n) is 11.8. The van der Waals surface area contributed by atoms with Gasteiger partial charge in [-0.25, -0.2) is 9.78 Å². The van der Waals surface area contributed by atoms with E-state index in [4.69, 9.17) is 9.47 Å². The fraction of sp³-hybridized carbons (Fsp3) is 0.385. The second-order valence-electron chi connectivity index (χ2n) is 8.70. The normalized spacial score (nSPS) is 13.4. The molecular weight excluding hydrogens is 478 g/mol. The van der Waals surface area contributed by atoms with Crippen LogP contribution in [0.15, 0.2) is 36.8 Å². The SMILES string of the molecule is CCOc1cccc([C@@H](C)CC(=O)Nc2sc3c(c2C#N)CCN(C(=O)OCc2cncn2C)C3)c1. The Morgan fingerprint density at radius 3 is 2.92 bits per heavy atom. The van der Waals surface area contributed by atoms with Gasteiger partial charge in [0.05, 0.1) is 36.9 Å². The average molecular weight is 508 g/mol. The van der Waals surface area contributed by atoms with Crippen molar-refractivity contribution in [1.29, 1.82) is 5.26 Å². The fourth-order valence-electron chi connectivity index (χ4n) is 4.17. The summed E-state index contributed by atoms with van der Waals surface area (Å²) in [5, 5.41) is 13.3. The average Bonchev–Trinajstić information content (AvgIpc) is 3.44. The predicted molar refractivity (Wildman–Crippen MR) is 136 cm³/mol. The Balaban J connectivity index is 1.38. The zero-order valence-corrected chi connectivity index (χ0v) is 21.4. The molecule has 0 spiro atoms. The summed E-state index contributed by atoms with van der Waals surface area (Å²) in [4.78, 5) is 32.0. The molecule has 1 atom stereocenters. The highest BCUT2D eigenvalue weighted by Gasteiger charge is 2.28. The molecule has 0 saturated heterocycles. The van der Waals surface area contributed by atoms with E-state index >= 15 is 0 Å². The number of carbonyl (C=O) groups excluding carboxylic acids is 2. The van der Waals surface area contributed by atoms with E-state index in [0.29, 0.717) is 36.7 Å². The van der Waals surface area contributed by atoms with Gasteiger partial charge >= 0.3 is 6.09 Å². The third-order valence-electron chi connectivity index (χ3n) is 6.17. The monoisotopic (exact) mass is 507 g/mol. The minimum atomic E-state index is -0.414. The van der Waals surface area contributed by atoms with Crippen LogP contribution in [0.1, 0.15) is 53.4 Å². The van der Waals surface area contributed by atoms with Crippen molar-refractivity contribution >= 4 is 28.3 Å². The standard InChI is InChI=1S/C26H29N5O4S/c1-4-34-20-7-5-6-18(11-20)17(2)10-24(32)29-25-22(12-27)21-8-9-31(14-23(21)36-25)26(33)35-15-19-13-28-16-30(19)3/h5-7,11,13,16-17H,4,8-10,14-15H2,1-3H3,(H,29,32)/t17-/m0/s1. The van der Waals surface area contributed by atoms with Crippen LogP contribution in [0.3, 0.4) is 0 Å². The molecule has 0 saturated carbocycles. The molecule has 2 amide bonds. The molecular formula is C26H29N5O4S. The van der Waals surface area contributed by atoms with Gasteiger partial charge in [-0.1, -0.05) is 19.1 Å². The van der Waals surface area contributed by atoms with E-state index in [1.165, 1.54) is 11.3 Å². The molecule has 4 rings (SSSR count). The van der Waals surface area contributed by atoms with Crippen LogP contribution in [-0.4, -0.2) is 39.6 Å². The first-order chi connectivity index (χ1) is 17.4. The van der Waals surface area contributed by atoms with Crippen LogP contribution in [-0.2, 0) is 36.2 Å². The summed E-state index contributed by atoms with van der Waals surface area (Å²) in [6.07, 6.45) is 3.70. The Kier molecular flexibility index (Phi) is 7.90. The maximum Gasteiger partial charge on any atom is 0.410 e. The summed E-state index contributed by atoms with van der Waals surface area (Å²) in [6, 6.07) is 9.99. The number of aromatic nitrogens is 2. The Labute approximate surface area is 214 Å². The minimum Gasteiger partial charge on any atom is -0.494 e. The van der Waals surface area contributed by atoms with Crippen LogP contribution in [0.25, 0.3) is 0 Å². The second-order valence-corrected chi connectivity index (χ2v) is 9.81. The van der Waals surface area contributed by atoms with Crippen LogP contribution in [0.5, 0.6) is 5.75 Å². The van der Waals surface area contributed by atoms with Crippen LogP contribution in [0, 0.1) is 11.3 Å². The Bertz CT molecular complexity index is 1290. The van der Waals surface area contributed by atoms with Gasteiger partial charge in [0.15, 0.2) is 0 Å². The van der Waals surface area contributed by atoms with Gasteiger partial charge in [0.2, 0.25) is 5.91 Å². The van der Waals surface area contributed by atoms with Crippen molar-refractivity contribution in [2.45, 2.75) is 45.8 Å². The van der Waals surface area contributed by atoms with Crippen LogP contribution >= 0.6 is 11.3 Å². The topological polar surface area (TPSA) is 109 Å². The lowest BCUT2D eigenvalue weighted by molar-refractivity contribution is -0.116. The number of ether oxygens (including phenoxy) is 2. The quantitative estimate of drug-likeness (QED) is 0.478. The van der Waals surface area contributed by atoms with Crippen molar-refractivity contribution in [3.63, 3.8) is 0 Å². The van der Waals surface area contributed by atoms with Gasteiger partial charge in [0.25, 0.3) is 0 Å². The molecule has 0 bridgehead atoms. The number of nitrogens with one attached hydrogen (secondary N) is 1. The molecule has 3 heterocycles. The Morgan fingerprint density at radius 2 is 2.19 bits per heavy atom. The number of imidazole rings is 1. The molecule has 9 nitrogen and oxygen atoms in total. The lowest BCUT2D eigenvalue weighted by Crippen LogP contribution is -2.35. The number of amides is 2. The Morgan fingerprint density at radius 1 is 1.36 bits per heavy atom. The van der Waals surface area contributed by atoms with Crippen LogP contribution in [0.4, 0.5) is 9.80 Å². The summed E-state index contributed by atoms with van der Waals surface area (Å²) < 4.78 is 12.8. The number of nitrogens with zero attached hydrogens (tertiary/aromatic N) is 4. The van der Waals surface area contributed by atoms with Crippen molar-refractivity contribution < 1.29 is 19.1 Å². The van der Waals surface area contributed by atoms with E-state index in [0.717, 1.165) is 27.4 Å². The second kappa shape index (κ2) is 11.3. The number of benzene rings is 1. The summed E-state index contributed by atoms with van der Waals surface area (Å²) in [5.74, 6) is 0.602. The van der Waals surface area contributed by atoms with Gasteiger partial charge in [0, 0.05) is 24.9 Å². The number of fused-ring (bicyclic) bond motifs is 1. The molecule has 36 heavy (non-hydrogen) atoms. The molecule has 0 aliphatic carbocycles. The number of rotatable bonds is 8. The molecule has 188 valence electrons. The summed E-state index contributed by atoms with van der Waals surface area (Å²) in [7, 11) is 1.84. The minimum absolute atomic E-state index is 0.0183. The van der Waals surface area contributed by atoms with E-state index in [2.05, 4.69) is 16.4 Å². The van der Waals surface area contributed by atoms with Gasteiger partial charge in [-0.15, -0.1) is 11.3 Å². The van der Waals surface area contributed by atoms with E-state index in [9.17, 15) is 14.9 Å². The van der Waals surface area contributed by atoms with Gasteiger partial charge < -0.3 is 24.3 Å².